The molecule has 4 aromatic rings. The maximum atomic E-state index is 14.8. The maximum Gasteiger partial charge on any atom is 0.264 e. The molecule has 1 aliphatic carbocycles. The first-order chi connectivity index (χ1) is 23.0. The molecule has 1 saturated carbocycles. The predicted molar refractivity (Wildman–Crippen MR) is 193 cm³/mol. The van der Waals surface area contributed by atoms with Gasteiger partial charge in [0.2, 0.25) is 11.8 Å². The lowest BCUT2D eigenvalue weighted by molar-refractivity contribution is -0.140. The van der Waals surface area contributed by atoms with Crippen LogP contribution in [0.4, 0.5) is 5.69 Å². The van der Waals surface area contributed by atoms with Gasteiger partial charge in [0.15, 0.2) is 0 Å². The van der Waals surface area contributed by atoms with Crippen molar-refractivity contribution >= 4 is 39.1 Å². The minimum absolute atomic E-state index is 0.0290. The Balaban J connectivity index is 1.58. The summed E-state index contributed by atoms with van der Waals surface area (Å²) >= 11 is 6.37. The van der Waals surface area contributed by atoms with Crippen molar-refractivity contribution in [1.82, 2.24) is 10.2 Å². The Morgan fingerprint density at radius 1 is 0.812 bits per heavy atom. The van der Waals surface area contributed by atoms with Gasteiger partial charge in [0, 0.05) is 24.0 Å². The molecule has 252 valence electrons. The van der Waals surface area contributed by atoms with E-state index in [2.05, 4.69) is 5.32 Å². The molecule has 0 aromatic heterocycles. The number of hydrogen-bond acceptors (Lipinski definition) is 4. The number of nitrogens with zero attached hydrogens (tertiary/aromatic N) is 2. The van der Waals surface area contributed by atoms with Crippen molar-refractivity contribution in [2.24, 2.45) is 0 Å². The fourth-order valence-corrected chi connectivity index (χ4v) is 8.06. The number of benzene rings is 4. The summed E-state index contributed by atoms with van der Waals surface area (Å²) in [5.41, 5.74) is 4.64. The third-order valence-electron chi connectivity index (χ3n) is 8.97. The molecule has 1 atom stereocenters. The Morgan fingerprint density at radius 3 is 2.15 bits per heavy atom. The number of anilines is 1. The standard InChI is InChI=1S/C39H44ClN3O4S/c1-28-17-20-35(21-18-28)48(46,47)43(36-22-19-29(2)23-30(36)3)27-38(44)42(26-32-13-10-14-33(40)24-32)37(25-31-11-6-4-7-12-31)39(45)41-34-15-8-5-9-16-34/h4,6-7,10-14,17-24,34,37H,5,8-9,15-16,25-27H2,1-3H3,(H,41,45)/t37-/m0/s1. The number of hydrogen-bond donors (Lipinski definition) is 1. The lowest BCUT2D eigenvalue weighted by Gasteiger charge is -2.35. The van der Waals surface area contributed by atoms with Crippen molar-refractivity contribution in [3.05, 3.63) is 130 Å². The summed E-state index contributed by atoms with van der Waals surface area (Å²) in [5, 5.41) is 3.75. The van der Waals surface area contributed by atoms with Gasteiger partial charge in [0.05, 0.1) is 10.6 Å². The Kier molecular flexibility index (Phi) is 11.6. The topological polar surface area (TPSA) is 86.8 Å². The molecule has 1 fully saturated rings. The zero-order valence-electron chi connectivity index (χ0n) is 27.9. The Bertz CT molecular complexity index is 1820. The first-order valence-electron chi connectivity index (χ1n) is 16.6. The van der Waals surface area contributed by atoms with E-state index in [1.54, 1.807) is 48.5 Å². The zero-order chi connectivity index (χ0) is 34.3. The zero-order valence-corrected chi connectivity index (χ0v) is 29.4. The molecule has 0 saturated heterocycles. The summed E-state index contributed by atoms with van der Waals surface area (Å²) in [6.07, 6.45) is 5.27. The molecule has 2 amide bonds. The van der Waals surface area contributed by atoms with Crippen LogP contribution in [0.3, 0.4) is 0 Å². The number of aryl methyl sites for hydroxylation is 3. The minimum atomic E-state index is -4.18. The van der Waals surface area contributed by atoms with Crippen LogP contribution in [0.15, 0.2) is 102 Å². The van der Waals surface area contributed by atoms with Crippen molar-refractivity contribution < 1.29 is 18.0 Å². The third kappa shape index (κ3) is 8.85. The van der Waals surface area contributed by atoms with Crippen molar-refractivity contribution in [3.8, 4) is 0 Å². The summed E-state index contributed by atoms with van der Waals surface area (Å²) in [5.74, 6) is -0.744. The first-order valence-corrected chi connectivity index (χ1v) is 18.4. The van der Waals surface area contributed by atoms with Crippen LogP contribution >= 0.6 is 11.6 Å². The highest BCUT2D eigenvalue weighted by atomic mass is 35.5. The van der Waals surface area contributed by atoms with E-state index in [0.29, 0.717) is 10.7 Å². The van der Waals surface area contributed by atoms with Crippen LogP contribution in [0.5, 0.6) is 0 Å². The molecule has 9 heteroatoms. The van der Waals surface area contributed by atoms with Gasteiger partial charge in [-0.3, -0.25) is 13.9 Å². The SMILES string of the molecule is Cc1ccc(S(=O)(=O)N(CC(=O)N(Cc2cccc(Cl)c2)[C@@H](Cc2ccccc2)C(=O)NC2CCCCC2)c2ccc(C)cc2C)cc1. The van der Waals surface area contributed by atoms with Gasteiger partial charge >= 0.3 is 0 Å². The largest absolute Gasteiger partial charge is 0.352 e. The van der Waals surface area contributed by atoms with E-state index in [-0.39, 0.29) is 29.8 Å². The second-order valence-electron chi connectivity index (χ2n) is 12.8. The molecule has 48 heavy (non-hydrogen) atoms. The second kappa shape index (κ2) is 15.8. The quantitative estimate of drug-likeness (QED) is 0.167. The van der Waals surface area contributed by atoms with E-state index in [4.69, 9.17) is 11.6 Å². The summed E-state index contributed by atoms with van der Waals surface area (Å²) < 4.78 is 29.9. The average Bonchev–Trinajstić information content (AvgIpc) is 3.06. The van der Waals surface area contributed by atoms with Crippen molar-refractivity contribution in [2.75, 3.05) is 10.8 Å². The van der Waals surface area contributed by atoms with Crippen LogP contribution in [0.25, 0.3) is 0 Å². The smallest absolute Gasteiger partial charge is 0.264 e. The average molecular weight is 686 g/mol. The van der Waals surface area contributed by atoms with E-state index in [9.17, 15) is 18.0 Å². The molecular weight excluding hydrogens is 642 g/mol. The highest BCUT2D eigenvalue weighted by Crippen LogP contribution is 2.29. The van der Waals surface area contributed by atoms with Crippen molar-refractivity contribution in [1.29, 1.82) is 0 Å². The molecule has 0 aliphatic heterocycles. The number of halogens is 1. The Morgan fingerprint density at radius 2 is 1.48 bits per heavy atom. The van der Waals surface area contributed by atoms with Crippen molar-refractivity contribution in [3.63, 3.8) is 0 Å². The molecule has 0 heterocycles. The monoisotopic (exact) mass is 685 g/mol. The molecule has 1 N–H and O–H groups in total. The van der Waals surface area contributed by atoms with Gasteiger partial charge in [-0.2, -0.15) is 0 Å². The van der Waals surface area contributed by atoms with E-state index in [0.717, 1.165) is 59.9 Å². The van der Waals surface area contributed by atoms with Gasteiger partial charge < -0.3 is 10.2 Å². The second-order valence-corrected chi connectivity index (χ2v) is 15.1. The molecule has 0 spiro atoms. The number of nitrogens with one attached hydrogen (secondary N) is 1. The highest BCUT2D eigenvalue weighted by molar-refractivity contribution is 7.92. The third-order valence-corrected chi connectivity index (χ3v) is 11.0. The fraction of sp³-hybridized carbons (Fsp3) is 0.333. The van der Waals surface area contributed by atoms with Crippen molar-refractivity contribution in [2.45, 2.75) is 82.8 Å². The summed E-state index contributed by atoms with van der Waals surface area (Å²) in [4.78, 5) is 30.6. The van der Waals surface area contributed by atoms with E-state index in [1.807, 2.05) is 69.3 Å². The number of carbonyl (C=O) groups excluding carboxylic acids is 2. The maximum absolute atomic E-state index is 14.8. The number of amides is 2. The first kappa shape index (κ1) is 35.2. The molecule has 0 bridgehead atoms. The molecule has 5 rings (SSSR count). The molecule has 7 nitrogen and oxygen atoms in total. The van der Waals surface area contributed by atoms with Gasteiger partial charge in [0.25, 0.3) is 10.0 Å². The molecule has 1 aliphatic rings. The van der Waals surface area contributed by atoms with Crippen LogP contribution in [0.1, 0.15) is 59.9 Å². The minimum Gasteiger partial charge on any atom is -0.352 e. The lowest BCUT2D eigenvalue weighted by Crippen LogP contribution is -2.55. The molecule has 0 radical (unpaired) electrons. The predicted octanol–water partition coefficient (Wildman–Crippen LogP) is 7.55. The van der Waals surface area contributed by atoms with Crippen LogP contribution in [0, 0.1) is 20.8 Å². The van der Waals surface area contributed by atoms with Gasteiger partial charge in [-0.1, -0.05) is 109 Å². The molecular formula is C39H44ClN3O4S. The Hall–Kier alpha value is -4.14. The van der Waals surface area contributed by atoms with Crippen LogP contribution < -0.4 is 9.62 Å². The van der Waals surface area contributed by atoms with Crippen LogP contribution in [-0.4, -0.2) is 43.8 Å². The number of rotatable bonds is 12. The van der Waals surface area contributed by atoms with E-state index in [1.165, 1.54) is 9.21 Å². The van der Waals surface area contributed by atoms with Crippen LogP contribution in [0.2, 0.25) is 5.02 Å². The van der Waals surface area contributed by atoms with Gasteiger partial charge in [0.1, 0.15) is 12.6 Å². The normalized spacial score (nSPS) is 14.2. The van der Waals surface area contributed by atoms with Gasteiger partial charge in [-0.05, 0) is 80.6 Å². The van der Waals surface area contributed by atoms with E-state index >= 15 is 0 Å². The Labute approximate surface area is 290 Å². The molecule has 0 unspecified atom stereocenters. The summed E-state index contributed by atoms with van der Waals surface area (Å²) in [6, 6.07) is 28.0. The molecule has 4 aromatic carbocycles. The van der Waals surface area contributed by atoms with Crippen LogP contribution in [-0.2, 0) is 32.6 Å². The lowest BCUT2D eigenvalue weighted by atomic mass is 9.94. The number of carbonyl (C=O) groups is 2. The summed E-state index contributed by atoms with van der Waals surface area (Å²) in [7, 11) is -4.18. The number of sulfonamides is 1. The fourth-order valence-electron chi connectivity index (χ4n) is 6.37. The van der Waals surface area contributed by atoms with Gasteiger partial charge in [-0.25, -0.2) is 8.42 Å². The van der Waals surface area contributed by atoms with E-state index < -0.39 is 28.5 Å². The van der Waals surface area contributed by atoms with Gasteiger partial charge in [-0.15, -0.1) is 0 Å². The highest BCUT2D eigenvalue weighted by Gasteiger charge is 2.36. The summed E-state index contributed by atoms with van der Waals surface area (Å²) in [6.45, 7) is 5.24.